The summed E-state index contributed by atoms with van der Waals surface area (Å²) in [7, 11) is 0.842. The first-order valence-corrected chi connectivity index (χ1v) is 11.5. The van der Waals surface area contributed by atoms with E-state index in [1.807, 2.05) is 32.9 Å². The third-order valence-corrected chi connectivity index (χ3v) is 5.95. The zero-order chi connectivity index (χ0) is 23.3. The third-order valence-electron chi connectivity index (χ3n) is 4.83. The fraction of sp³-hybridized carbons (Fsp3) is 0.409. The topological polar surface area (TPSA) is 94.2 Å². The Morgan fingerprint density at radius 1 is 0.968 bits per heavy atom. The molecule has 0 bridgehead atoms. The van der Waals surface area contributed by atoms with Gasteiger partial charge in [-0.15, -0.1) is 0 Å². The summed E-state index contributed by atoms with van der Waals surface area (Å²) < 4.78 is 42.1. The Morgan fingerprint density at radius 3 is 2.03 bits per heavy atom. The van der Waals surface area contributed by atoms with Crippen molar-refractivity contribution in [3.05, 3.63) is 46.5 Å². The van der Waals surface area contributed by atoms with Crippen molar-refractivity contribution in [2.24, 2.45) is 0 Å². The van der Waals surface area contributed by atoms with Crippen LogP contribution in [0, 0.1) is 20.8 Å². The molecule has 2 rings (SSSR count). The average molecular weight is 451 g/mol. The highest BCUT2D eigenvalue weighted by atomic mass is 32.2. The normalized spacial score (nSPS) is 11.1. The number of nitrogens with zero attached hydrogens (tertiary/aromatic N) is 1. The van der Waals surface area contributed by atoms with E-state index in [0.717, 1.165) is 27.3 Å². The molecule has 0 unspecified atom stereocenters. The molecule has 0 saturated carbocycles. The number of hydrogen-bond acceptors (Lipinski definition) is 6. The van der Waals surface area contributed by atoms with Gasteiger partial charge in [-0.05, 0) is 44.0 Å². The quantitative estimate of drug-likeness (QED) is 0.631. The zero-order valence-corrected chi connectivity index (χ0v) is 19.8. The van der Waals surface area contributed by atoms with E-state index in [1.165, 1.54) is 21.3 Å². The van der Waals surface area contributed by atoms with Crippen LogP contribution in [0.3, 0.4) is 0 Å². The summed E-state index contributed by atoms with van der Waals surface area (Å²) in [5.74, 6) is 0.914. The average Bonchev–Trinajstić information content (AvgIpc) is 2.69. The number of ether oxygens (including phenoxy) is 3. The van der Waals surface area contributed by atoms with Crippen molar-refractivity contribution < 1.29 is 27.4 Å². The van der Waals surface area contributed by atoms with Crippen molar-refractivity contribution in [3.63, 3.8) is 0 Å². The molecule has 9 heteroatoms. The molecule has 2 aromatic carbocycles. The Balaban J connectivity index is 2.26. The van der Waals surface area contributed by atoms with E-state index < -0.39 is 15.9 Å². The lowest BCUT2D eigenvalue weighted by Crippen LogP contribution is -2.40. The Kier molecular flexibility index (Phi) is 7.78. The minimum absolute atomic E-state index is 0.131. The van der Waals surface area contributed by atoms with Crippen LogP contribution in [-0.2, 0) is 21.4 Å². The van der Waals surface area contributed by atoms with Crippen LogP contribution in [0.4, 0.5) is 5.69 Å². The minimum Gasteiger partial charge on any atom is -0.493 e. The lowest BCUT2D eigenvalue weighted by molar-refractivity contribution is -0.119. The van der Waals surface area contributed by atoms with Crippen molar-refractivity contribution >= 4 is 21.6 Å². The Bertz CT molecular complexity index is 1040. The maximum absolute atomic E-state index is 12.7. The fourth-order valence-electron chi connectivity index (χ4n) is 3.61. The number of hydrogen-bond donors (Lipinski definition) is 1. The highest BCUT2D eigenvalue weighted by Gasteiger charge is 2.24. The van der Waals surface area contributed by atoms with E-state index in [4.69, 9.17) is 14.2 Å². The first-order valence-electron chi connectivity index (χ1n) is 9.63. The number of sulfonamides is 1. The van der Waals surface area contributed by atoms with Crippen LogP contribution in [0.5, 0.6) is 17.2 Å². The Hall–Kier alpha value is -2.94. The van der Waals surface area contributed by atoms with Crippen molar-refractivity contribution in [1.29, 1.82) is 0 Å². The zero-order valence-electron chi connectivity index (χ0n) is 19.0. The summed E-state index contributed by atoms with van der Waals surface area (Å²) >= 11 is 0. The number of carbonyl (C=O) groups excluding carboxylic acids is 1. The number of rotatable bonds is 9. The molecule has 0 aliphatic heterocycles. The second kappa shape index (κ2) is 9.91. The molecular weight excluding hydrogens is 420 g/mol. The van der Waals surface area contributed by atoms with Gasteiger partial charge in [0.25, 0.3) is 0 Å². The van der Waals surface area contributed by atoms with Crippen molar-refractivity contribution in [1.82, 2.24) is 5.32 Å². The number of nitrogens with one attached hydrogen (secondary N) is 1. The van der Waals surface area contributed by atoms with E-state index in [-0.39, 0.29) is 13.1 Å². The molecule has 0 heterocycles. The Labute approximate surface area is 184 Å². The highest BCUT2D eigenvalue weighted by Crippen LogP contribution is 2.39. The molecule has 0 aliphatic rings. The van der Waals surface area contributed by atoms with Crippen molar-refractivity contribution in [2.75, 3.05) is 38.4 Å². The van der Waals surface area contributed by atoms with E-state index in [1.54, 1.807) is 12.1 Å². The van der Waals surface area contributed by atoms with Crippen molar-refractivity contribution in [2.45, 2.75) is 27.3 Å². The fourth-order valence-corrected chi connectivity index (χ4v) is 4.58. The summed E-state index contributed by atoms with van der Waals surface area (Å²) in [6.45, 7) is 5.41. The number of carbonyl (C=O) groups is 1. The number of aryl methyl sites for hydroxylation is 3. The van der Waals surface area contributed by atoms with E-state index in [0.29, 0.717) is 28.5 Å². The second-order valence-corrected chi connectivity index (χ2v) is 9.19. The number of benzene rings is 2. The summed E-state index contributed by atoms with van der Waals surface area (Å²) in [5, 5.41) is 2.76. The molecule has 0 aliphatic carbocycles. The van der Waals surface area contributed by atoms with Gasteiger partial charge in [-0.25, -0.2) is 8.42 Å². The van der Waals surface area contributed by atoms with Crippen LogP contribution in [0.2, 0.25) is 0 Å². The molecule has 0 fully saturated rings. The summed E-state index contributed by atoms with van der Waals surface area (Å²) in [4.78, 5) is 12.7. The molecule has 1 N–H and O–H groups in total. The molecule has 0 spiro atoms. The predicted octanol–water partition coefficient (Wildman–Crippen LogP) is 2.72. The van der Waals surface area contributed by atoms with Gasteiger partial charge in [0.15, 0.2) is 11.5 Å². The monoisotopic (exact) mass is 450 g/mol. The van der Waals surface area contributed by atoms with E-state index in [2.05, 4.69) is 5.32 Å². The van der Waals surface area contributed by atoms with E-state index in [9.17, 15) is 13.2 Å². The molecule has 0 radical (unpaired) electrons. The van der Waals surface area contributed by atoms with Gasteiger partial charge >= 0.3 is 0 Å². The van der Waals surface area contributed by atoms with Gasteiger partial charge in [-0.2, -0.15) is 0 Å². The SMILES string of the molecule is COc1ccc(CNC(=O)CN(c2c(C)cc(C)cc2C)S(C)(=O)=O)c(OC)c1OC. The summed E-state index contributed by atoms with van der Waals surface area (Å²) in [6.07, 6.45) is 1.09. The number of anilines is 1. The number of amides is 1. The molecule has 2 aromatic rings. The van der Waals surface area contributed by atoms with E-state index >= 15 is 0 Å². The third kappa shape index (κ3) is 5.61. The standard InChI is InChI=1S/C22H30N2O6S/c1-14-10-15(2)20(16(3)11-14)24(31(7,26)27)13-19(25)23-12-17-8-9-18(28-4)22(30-6)21(17)29-5/h8-11H,12-13H2,1-7H3,(H,23,25). The lowest BCUT2D eigenvalue weighted by atomic mass is 10.1. The highest BCUT2D eigenvalue weighted by molar-refractivity contribution is 7.92. The summed E-state index contributed by atoms with van der Waals surface area (Å²) in [6, 6.07) is 7.26. The first-order chi connectivity index (χ1) is 14.5. The number of methoxy groups -OCH3 is 3. The molecule has 8 nitrogen and oxygen atoms in total. The maximum Gasteiger partial charge on any atom is 0.241 e. The van der Waals surface area contributed by atoms with Crippen LogP contribution < -0.4 is 23.8 Å². The molecule has 0 aromatic heterocycles. The second-order valence-electron chi connectivity index (χ2n) is 7.29. The summed E-state index contributed by atoms with van der Waals surface area (Å²) in [5.41, 5.74) is 3.79. The van der Waals surface area contributed by atoms with Gasteiger partial charge in [-0.1, -0.05) is 17.7 Å². The maximum atomic E-state index is 12.7. The van der Waals surface area contributed by atoms with Crippen LogP contribution in [0.1, 0.15) is 22.3 Å². The largest absolute Gasteiger partial charge is 0.493 e. The molecule has 0 saturated heterocycles. The van der Waals surface area contributed by atoms with Gasteiger partial charge in [0.2, 0.25) is 21.7 Å². The van der Waals surface area contributed by atoms with Crippen LogP contribution in [0.25, 0.3) is 0 Å². The Morgan fingerprint density at radius 2 is 1.55 bits per heavy atom. The van der Waals surface area contributed by atoms with Gasteiger partial charge in [0.1, 0.15) is 6.54 Å². The first kappa shape index (κ1) is 24.3. The smallest absolute Gasteiger partial charge is 0.241 e. The van der Waals surface area contributed by atoms with Crippen LogP contribution in [0.15, 0.2) is 24.3 Å². The van der Waals surface area contributed by atoms with Crippen molar-refractivity contribution in [3.8, 4) is 17.2 Å². The van der Waals surface area contributed by atoms with Gasteiger partial charge in [-0.3, -0.25) is 9.10 Å². The molecule has 170 valence electrons. The predicted molar refractivity (Wildman–Crippen MR) is 121 cm³/mol. The van der Waals surface area contributed by atoms with Gasteiger partial charge < -0.3 is 19.5 Å². The van der Waals surface area contributed by atoms with Crippen LogP contribution in [-0.4, -0.2) is 48.5 Å². The molecular formula is C22H30N2O6S. The molecule has 1 amide bonds. The van der Waals surface area contributed by atoms with Gasteiger partial charge in [0.05, 0.1) is 33.3 Å². The molecule has 31 heavy (non-hydrogen) atoms. The van der Waals surface area contributed by atoms with Gasteiger partial charge in [0, 0.05) is 12.1 Å². The minimum atomic E-state index is -3.68. The lowest BCUT2D eigenvalue weighted by Gasteiger charge is -2.26. The molecule has 0 atom stereocenters. The van der Waals surface area contributed by atoms with Crippen LogP contribution >= 0.6 is 0 Å².